The summed E-state index contributed by atoms with van der Waals surface area (Å²) in [6.45, 7) is 1.01. The molecule has 0 saturated carbocycles. The minimum Gasteiger partial charge on any atom is -0.457 e. The number of pyridine rings is 1. The van der Waals surface area contributed by atoms with E-state index in [9.17, 15) is 4.79 Å². The van der Waals surface area contributed by atoms with E-state index in [1.165, 1.54) is 0 Å². The number of anilines is 1. The van der Waals surface area contributed by atoms with Gasteiger partial charge in [-0.3, -0.25) is 9.78 Å². The average molecular weight is 370 g/mol. The van der Waals surface area contributed by atoms with Crippen molar-refractivity contribution in [2.24, 2.45) is 0 Å². The van der Waals surface area contributed by atoms with E-state index in [-0.39, 0.29) is 30.7 Å². The third-order valence-electron chi connectivity index (χ3n) is 3.60. The van der Waals surface area contributed by atoms with Crippen molar-refractivity contribution in [3.8, 4) is 11.5 Å². The highest BCUT2D eigenvalue weighted by Gasteiger charge is 2.17. The minimum absolute atomic E-state index is 0. The molecule has 3 rings (SSSR count). The smallest absolute Gasteiger partial charge is 0.225 e. The summed E-state index contributed by atoms with van der Waals surface area (Å²) in [7, 11) is 0. The van der Waals surface area contributed by atoms with Gasteiger partial charge in [-0.1, -0.05) is 6.07 Å². The molecule has 1 unspecified atom stereocenters. The van der Waals surface area contributed by atoms with Gasteiger partial charge in [0.1, 0.15) is 11.5 Å². The second kappa shape index (κ2) is 10.1. The number of nitrogens with zero attached hydrogens (tertiary/aromatic N) is 1. The van der Waals surface area contributed by atoms with Gasteiger partial charge < -0.3 is 15.4 Å². The maximum absolute atomic E-state index is 12.0. The number of amides is 1. The van der Waals surface area contributed by atoms with E-state index in [0.29, 0.717) is 24.0 Å². The number of hydrogen-bond donors (Lipinski definition) is 2. The van der Waals surface area contributed by atoms with Gasteiger partial charge in [0, 0.05) is 36.6 Å². The maximum atomic E-state index is 12.0. The Morgan fingerprint density at radius 2 is 2.00 bits per heavy atom. The van der Waals surface area contributed by atoms with Crippen LogP contribution in [0.3, 0.4) is 0 Å². The minimum atomic E-state index is 0. The van der Waals surface area contributed by atoms with Crippen molar-refractivity contribution in [1.29, 1.82) is 0 Å². The highest BCUT2D eigenvalue weighted by molar-refractivity contribution is 5.91. The number of hydrogen-bond acceptors (Lipinski definition) is 4. The first kappa shape index (κ1) is 20.2. The molecule has 2 N–H and O–H groups in total. The van der Waals surface area contributed by atoms with Gasteiger partial charge in [-0.05, 0) is 43.7 Å². The Morgan fingerprint density at radius 3 is 2.71 bits per heavy atom. The van der Waals surface area contributed by atoms with E-state index in [2.05, 4.69) is 15.6 Å². The fourth-order valence-electron chi connectivity index (χ4n) is 2.55. The van der Waals surface area contributed by atoms with Crippen LogP contribution in [0.25, 0.3) is 0 Å². The summed E-state index contributed by atoms with van der Waals surface area (Å²) in [5.74, 6) is 1.43. The Kier molecular flexibility index (Phi) is 8.54. The van der Waals surface area contributed by atoms with E-state index in [1.807, 2.05) is 24.3 Å². The topological polar surface area (TPSA) is 63.2 Å². The van der Waals surface area contributed by atoms with Crippen molar-refractivity contribution in [3.63, 3.8) is 0 Å². The number of aromatic nitrogens is 1. The number of rotatable bonds is 5. The first-order chi connectivity index (χ1) is 10.8. The van der Waals surface area contributed by atoms with Crippen LogP contribution < -0.4 is 15.4 Å². The summed E-state index contributed by atoms with van der Waals surface area (Å²) in [5, 5.41) is 6.25. The van der Waals surface area contributed by atoms with Crippen molar-refractivity contribution in [2.45, 2.75) is 25.3 Å². The van der Waals surface area contributed by atoms with Gasteiger partial charge in [0.2, 0.25) is 5.91 Å². The molecule has 1 atom stereocenters. The summed E-state index contributed by atoms with van der Waals surface area (Å²) < 4.78 is 5.73. The molecular formula is C17H21Cl2N3O2. The number of halogens is 2. The SMILES string of the molecule is Cl.Cl.O=C(CC1CCCN1)Nc1cccc(Oc2ccncc2)c1. The van der Waals surface area contributed by atoms with Gasteiger partial charge in [0.15, 0.2) is 0 Å². The molecule has 130 valence electrons. The lowest BCUT2D eigenvalue weighted by atomic mass is 10.1. The molecule has 0 spiro atoms. The van der Waals surface area contributed by atoms with Crippen molar-refractivity contribution >= 4 is 36.4 Å². The quantitative estimate of drug-likeness (QED) is 0.841. The van der Waals surface area contributed by atoms with Gasteiger partial charge in [-0.15, -0.1) is 24.8 Å². The van der Waals surface area contributed by atoms with Crippen molar-refractivity contribution in [3.05, 3.63) is 48.8 Å². The fraction of sp³-hybridized carbons (Fsp3) is 0.294. The Bertz CT molecular complexity index is 635. The summed E-state index contributed by atoms with van der Waals surface area (Å²) in [5.41, 5.74) is 0.745. The average Bonchev–Trinajstić information content (AvgIpc) is 3.01. The van der Waals surface area contributed by atoms with Crippen LogP contribution in [0.5, 0.6) is 11.5 Å². The molecule has 1 amide bonds. The molecule has 7 heteroatoms. The summed E-state index contributed by atoms with van der Waals surface area (Å²) >= 11 is 0. The van der Waals surface area contributed by atoms with Gasteiger partial charge in [-0.2, -0.15) is 0 Å². The van der Waals surface area contributed by atoms with Crippen LogP contribution >= 0.6 is 24.8 Å². The van der Waals surface area contributed by atoms with E-state index in [4.69, 9.17) is 4.74 Å². The van der Waals surface area contributed by atoms with E-state index >= 15 is 0 Å². The van der Waals surface area contributed by atoms with Crippen LogP contribution in [0.4, 0.5) is 5.69 Å². The van der Waals surface area contributed by atoms with Gasteiger partial charge in [0.05, 0.1) is 0 Å². The summed E-state index contributed by atoms with van der Waals surface area (Å²) in [6.07, 6.45) is 6.08. The first-order valence-electron chi connectivity index (χ1n) is 7.51. The largest absolute Gasteiger partial charge is 0.457 e. The third kappa shape index (κ3) is 6.00. The Morgan fingerprint density at radius 1 is 1.21 bits per heavy atom. The van der Waals surface area contributed by atoms with Crippen LogP contribution in [-0.4, -0.2) is 23.5 Å². The van der Waals surface area contributed by atoms with Crippen LogP contribution in [-0.2, 0) is 4.79 Å². The first-order valence-corrected chi connectivity index (χ1v) is 7.51. The predicted octanol–water partition coefficient (Wildman–Crippen LogP) is 3.80. The lowest BCUT2D eigenvalue weighted by Crippen LogP contribution is -2.27. The zero-order valence-corrected chi connectivity index (χ0v) is 14.7. The normalized spacial score (nSPS) is 15.8. The fourth-order valence-corrected chi connectivity index (χ4v) is 2.55. The summed E-state index contributed by atoms with van der Waals surface area (Å²) in [6, 6.07) is 11.3. The maximum Gasteiger partial charge on any atom is 0.225 e. The Labute approximate surface area is 154 Å². The van der Waals surface area contributed by atoms with Gasteiger partial charge >= 0.3 is 0 Å². The summed E-state index contributed by atoms with van der Waals surface area (Å²) in [4.78, 5) is 16.0. The number of carbonyl (C=O) groups is 1. The number of carbonyl (C=O) groups excluding carboxylic acids is 1. The molecule has 1 aliphatic rings. The zero-order chi connectivity index (χ0) is 15.2. The Hall–Kier alpha value is -1.82. The number of ether oxygens (including phenoxy) is 1. The highest BCUT2D eigenvalue weighted by atomic mass is 35.5. The zero-order valence-electron chi connectivity index (χ0n) is 13.1. The second-order valence-electron chi connectivity index (χ2n) is 5.36. The molecule has 0 radical (unpaired) electrons. The monoisotopic (exact) mass is 369 g/mol. The standard InChI is InChI=1S/C17H19N3O2.2ClH/c21-17(12-13-4-2-8-19-13)20-14-3-1-5-16(11-14)22-15-6-9-18-10-7-15;;/h1,3,5-7,9-11,13,19H,2,4,8,12H2,(H,20,21);2*1H. The molecular weight excluding hydrogens is 349 g/mol. The van der Waals surface area contributed by atoms with Crippen molar-refractivity contribution in [2.75, 3.05) is 11.9 Å². The molecule has 2 aromatic rings. The number of benzene rings is 1. The van der Waals surface area contributed by atoms with Crippen LogP contribution in [0.2, 0.25) is 0 Å². The second-order valence-corrected chi connectivity index (χ2v) is 5.36. The van der Waals surface area contributed by atoms with Crippen molar-refractivity contribution < 1.29 is 9.53 Å². The Balaban J connectivity index is 0.00000144. The highest BCUT2D eigenvalue weighted by Crippen LogP contribution is 2.23. The van der Waals surface area contributed by atoms with E-state index < -0.39 is 0 Å². The molecule has 0 aliphatic carbocycles. The van der Waals surface area contributed by atoms with Crippen LogP contribution in [0.15, 0.2) is 48.8 Å². The molecule has 1 aliphatic heterocycles. The van der Waals surface area contributed by atoms with E-state index in [1.54, 1.807) is 24.5 Å². The molecule has 1 aromatic heterocycles. The molecule has 1 aromatic carbocycles. The van der Waals surface area contributed by atoms with Crippen molar-refractivity contribution in [1.82, 2.24) is 10.3 Å². The number of nitrogens with one attached hydrogen (secondary N) is 2. The molecule has 1 saturated heterocycles. The molecule has 24 heavy (non-hydrogen) atoms. The van der Waals surface area contributed by atoms with E-state index in [0.717, 1.165) is 25.1 Å². The van der Waals surface area contributed by atoms with Crippen LogP contribution in [0.1, 0.15) is 19.3 Å². The lowest BCUT2D eigenvalue weighted by molar-refractivity contribution is -0.116. The lowest BCUT2D eigenvalue weighted by Gasteiger charge is -2.11. The van der Waals surface area contributed by atoms with Gasteiger partial charge in [-0.25, -0.2) is 0 Å². The molecule has 1 fully saturated rings. The predicted molar refractivity (Wildman–Crippen MR) is 99.5 cm³/mol. The third-order valence-corrected chi connectivity index (χ3v) is 3.60. The molecule has 2 heterocycles. The molecule has 5 nitrogen and oxygen atoms in total. The van der Waals surface area contributed by atoms with Crippen LogP contribution in [0, 0.1) is 0 Å². The van der Waals surface area contributed by atoms with Gasteiger partial charge in [0.25, 0.3) is 0 Å². The molecule has 0 bridgehead atoms.